The molecule has 6 heterocycles. The molecule has 0 unspecified atom stereocenters. The molecule has 0 amide bonds. The average Bonchev–Trinajstić information content (AvgIpc) is 1.90. The molecule has 13 aromatic carbocycles. The van der Waals surface area contributed by atoms with Crippen LogP contribution in [0.4, 0.5) is 0 Å². The van der Waals surface area contributed by atoms with Crippen molar-refractivity contribution in [3.8, 4) is 56.9 Å². The van der Waals surface area contributed by atoms with E-state index in [4.69, 9.17) is 19.4 Å². The highest BCUT2D eigenvalue weighted by molar-refractivity contribution is 6.15. The van der Waals surface area contributed by atoms with E-state index in [0.29, 0.717) is 17.8 Å². The Morgan fingerprint density at radius 2 is 0.678 bits per heavy atom. The van der Waals surface area contributed by atoms with Crippen molar-refractivity contribution in [2.75, 3.05) is 0 Å². The van der Waals surface area contributed by atoms with Gasteiger partial charge >= 0.3 is 0 Å². The molecule has 90 heavy (non-hydrogen) atoms. The van der Waals surface area contributed by atoms with Crippen LogP contribution in [0.3, 0.4) is 0 Å². The van der Waals surface area contributed by atoms with Gasteiger partial charge in [-0.25, -0.2) is 0 Å². The monoisotopic (exact) mass is 1150 g/mol. The molecule has 1 aliphatic carbocycles. The molecule has 1 aliphatic rings. The fourth-order valence-electron chi connectivity index (χ4n) is 15.4. The van der Waals surface area contributed by atoms with E-state index in [1.807, 2.05) is 12.1 Å². The van der Waals surface area contributed by atoms with Crippen LogP contribution in [0.15, 0.2) is 277 Å². The van der Waals surface area contributed by atoms with Crippen LogP contribution in [-0.4, -0.2) is 33.2 Å². The van der Waals surface area contributed by atoms with Crippen molar-refractivity contribution >= 4 is 120 Å². The van der Waals surface area contributed by atoms with Crippen LogP contribution in [0.25, 0.3) is 177 Å². The molecule has 0 fully saturated rings. The Labute approximate surface area is 515 Å². The standard InChI is InChI=1S/C82H51N7O/c1-82(2)67-25-11-5-19-55(67)61-46-65-59-23-9-15-29-72(59)89(76(65)47-68(61)82)81-84-79(83-80(85-81)88-71-28-14-8-22-58(71)64-44-52(34-39-75(64)88)53-35-40-78-66(45-53)60-24-10-16-30-77(60)90-78)87-70-27-13-7-21-57(70)63-43-51(33-38-74(63)87)50-32-37-73-62(42-50)56-20-6-12-26-69(56)86(73)54-36-31-48-17-3-4-18-49(48)41-54/h3-47H,1-2H3. The maximum Gasteiger partial charge on any atom is 0.241 e. The molecule has 0 N–H and O–H groups in total. The summed E-state index contributed by atoms with van der Waals surface area (Å²) in [6.45, 7) is 4.69. The zero-order valence-corrected chi connectivity index (χ0v) is 49.0. The van der Waals surface area contributed by atoms with E-state index in [-0.39, 0.29) is 5.41 Å². The first-order valence-electron chi connectivity index (χ1n) is 30.8. The van der Waals surface area contributed by atoms with Crippen LogP contribution in [0.2, 0.25) is 0 Å². The summed E-state index contributed by atoms with van der Waals surface area (Å²) in [7, 11) is 0. The lowest BCUT2D eigenvalue weighted by Crippen LogP contribution is -2.15. The zero-order chi connectivity index (χ0) is 59.1. The predicted molar refractivity (Wildman–Crippen MR) is 370 cm³/mol. The van der Waals surface area contributed by atoms with Gasteiger partial charge in [-0.1, -0.05) is 184 Å². The second-order valence-corrected chi connectivity index (χ2v) is 24.8. The fraction of sp³-hybridized carbons (Fsp3) is 0.0366. The first kappa shape index (κ1) is 49.3. The minimum absolute atomic E-state index is 0.235. The van der Waals surface area contributed by atoms with Crippen LogP contribution in [0, 0.1) is 0 Å². The lowest BCUT2D eigenvalue weighted by molar-refractivity contribution is 0.661. The van der Waals surface area contributed by atoms with Crippen molar-refractivity contribution in [1.82, 2.24) is 33.2 Å². The van der Waals surface area contributed by atoms with Gasteiger partial charge in [0.05, 0.1) is 44.1 Å². The number of para-hydroxylation sites is 5. The van der Waals surface area contributed by atoms with Gasteiger partial charge in [-0.2, -0.15) is 15.0 Å². The molecule has 20 rings (SSSR count). The number of nitrogens with zero attached hydrogens (tertiary/aromatic N) is 7. The van der Waals surface area contributed by atoms with Gasteiger partial charge in [-0.3, -0.25) is 13.7 Å². The number of rotatable bonds is 6. The van der Waals surface area contributed by atoms with Crippen LogP contribution < -0.4 is 0 Å². The Morgan fingerprint density at radius 3 is 1.26 bits per heavy atom. The maximum absolute atomic E-state index is 6.28. The number of aromatic nitrogens is 7. The summed E-state index contributed by atoms with van der Waals surface area (Å²) in [6, 6.07) is 99.2. The molecule has 0 bridgehead atoms. The summed E-state index contributed by atoms with van der Waals surface area (Å²) in [5.74, 6) is 1.55. The predicted octanol–water partition coefficient (Wildman–Crippen LogP) is 21.0. The van der Waals surface area contributed by atoms with Gasteiger partial charge in [0.1, 0.15) is 11.2 Å². The van der Waals surface area contributed by atoms with E-state index >= 15 is 0 Å². The summed E-state index contributed by atoms with van der Waals surface area (Å²) >= 11 is 0. The lowest BCUT2D eigenvalue weighted by atomic mass is 9.82. The van der Waals surface area contributed by atoms with Gasteiger partial charge < -0.3 is 8.98 Å². The second-order valence-electron chi connectivity index (χ2n) is 24.8. The van der Waals surface area contributed by atoms with E-state index < -0.39 is 0 Å². The summed E-state index contributed by atoms with van der Waals surface area (Å²) in [5, 5.41) is 13.8. The van der Waals surface area contributed by atoms with Crippen molar-refractivity contribution in [2.24, 2.45) is 0 Å². The SMILES string of the molecule is CC1(C)c2ccccc2-c2cc3c4ccccc4n(-c4nc(-n5c6ccccc6c6cc(-c7ccc8oc9ccccc9c8c7)ccc65)nc(-n5c6ccccc6c6cc(-c7ccc8c(c7)c7ccccc7n8-c7ccc8ccccc8c7)ccc65)n4)c3cc21. The lowest BCUT2D eigenvalue weighted by Gasteiger charge is -2.21. The topological polar surface area (TPSA) is 71.5 Å². The van der Waals surface area contributed by atoms with Gasteiger partial charge in [0.15, 0.2) is 0 Å². The third kappa shape index (κ3) is 6.87. The van der Waals surface area contributed by atoms with Crippen LogP contribution in [0.1, 0.15) is 25.0 Å². The van der Waals surface area contributed by atoms with Gasteiger partial charge in [0, 0.05) is 65.0 Å². The Balaban J connectivity index is 0.811. The molecule has 8 nitrogen and oxygen atoms in total. The first-order chi connectivity index (χ1) is 44.4. The summed E-state index contributed by atoms with van der Waals surface area (Å²) < 4.78 is 15.4. The summed E-state index contributed by atoms with van der Waals surface area (Å²) in [4.78, 5) is 17.1. The van der Waals surface area contributed by atoms with Crippen LogP contribution in [-0.2, 0) is 5.41 Å². The van der Waals surface area contributed by atoms with Crippen molar-refractivity contribution < 1.29 is 4.42 Å². The summed E-state index contributed by atoms with van der Waals surface area (Å²) in [6.07, 6.45) is 0. The minimum atomic E-state index is -0.235. The Bertz CT molecular complexity index is 6340. The van der Waals surface area contributed by atoms with Gasteiger partial charge in [0.2, 0.25) is 17.8 Å². The highest BCUT2D eigenvalue weighted by Crippen LogP contribution is 2.51. The highest BCUT2D eigenvalue weighted by Gasteiger charge is 2.36. The Hall–Kier alpha value is -11.9. The normalized spacial score (nSPS) is 13.1. The highest BCUT2D eigenvalue weighted by atomic mass is 16.3. The molecule has 0 radical (unpaired) electrons. The van der Waals surface area contributed by atoms with Crippen molar-refractivity contribution in [3.63, 3.8) is 0 Å². The summed E-state index contributed by atoms with van der Waals surface area (Å²) in [5.41, 5.74) is 20.7. The third-order valence-electron chi connectivity index (χ3n) is 19.6. The van der Waals surface area contributed by atoms with Crippen molar-refractivity contribution in [2.45, 2.75) is 19.3 Å². The molecule has 0 atom stereocenters. The molecule has 0 saturated carbocycles. The second kappa shape index (κ2) is 18.1. The van der Waals surface area contributed by atoms with Crippen molar-refractivity contribution in [1.29, 1.82) is 0 Å². The number of benzene rings is 13. The number of hydrogen-bond donors (Lipinski definition) is 0. The molecule has 19 aromatic rings. The molecule has 0 saturated heterocycles. The number of furan rings is 1. The first-order valence-corrected chi connectivity index (χ1v) is 30.8. The molecule has 8 heteroatoms. The molecule has 6 aromatic heterocycles. The maximum atomic E-state index is 6.28. The van der Waals surface area contributed by atoms with E-state index in [0.717, 1.165) is 115 Å². The minimum Gasteiger partial charge on any atom is -0.456 e. The number of fused-ring (bicyclic) bond motifs is 19. The van der Waals surface area contributed by atoms with E-state index in [9.17, 15) is 0 Å². The fourth-order valence-corrected chi connectivity index (χ4v) is 15.4. The van der Waals surface area contributed by atoms with E-state index in [2.05, 4.69) is 293 Å². The van der Waals surface area contributed by atoms with E-state index in [1.165, 1.54) is 54.8 Å². The van der Waals surface area contributed by atoms with Crippen LogP contribution >= 0.6 is 0 Å². The zero-order valence-electron chi connectivity index (χ0n) is 49.0. The van der Waals surface area contributed by atoms with Gasteiger partial charge in [-0.15, -0.1) is 0 Å². The van der Waals surface area contributed by atoms with Gasteiger partial charge in [0.25, 0.3) is 0 Å². The van der Waals surface area contributed by atoms with Crippen LogP contribution in [0.5, 0.6) is 0 Å². The molecule has 0 aliphatic heterocycles. The third-order valence-corrected chi connectivity index (χ3v) is 19.6. The molecule has 0 spiro atoms. The largest absolute Gasteiger partial charge is 0.456 e. The smallest absolute Gasteiger partial charge is 0.241 e. The number of hydrogen-bond acceptors (Lipinski definition) is 4. The van der Waals surface area contributed by atoms with Crippen molar-refractivity contribution in [3.05, 3.63) is 284 Å². The average molecular weight is 1150 g/mol. The molecular formula is C82H51N7O. The van der Waals surface area contributed by atoms with Gasteiger partial charge in [-0.05, 0) is 158 Å². The van der Waals surface area contributed by atoms with E-state index in [1.54, 1.807) is 0 Å². The Morgan fingerprint density at radius 1 is 0.267 bits per heavy atom. The quantitative estimate of drug-likeness (QED) is 0.166. The Kier molecular flexibility index (Phi) is 9.91. The molecule has 420 valence electrons. The molecular weight excluding hydrogens is 1100 g/mol.